The van der Waals surface area contributed by atoms with Crippen molar-refractivity contribution in [2.45, 2.75) is 44.8 Å². The molecule has 30 heavy (non-hydrogen) atoms. The van der Waals surface area contributed by atoms with Gasteiger partial charge < -0.3 is 9.47 Å². The molecule has 0 amide bonds. The van der Waals surface area contributed by atoms with Gasteiger partial charge in [0.15, 0.2) is 17.2 Å². The number of carbonyl (C=O) groups excluding carboxylic acids is 1. The van der Waals surface area contributed by atoms with Gasteiger partial charge in [-0.05, 0) is 68.5 Å². The fraction of sp³-hybridized carbons (Fsp3) is 0.480. The minimum Gasteiger partial charge on any atom is -0.493 e. The molecular weight excluding hydrogens is 381 g/mol. The molecule has 1 heterocycles. The van der Waals surface area contributed by atoms with Crippen LogP contribution in [0, 0.1) is 5.92 Å². The number of benzene rings is 2. The topological polar surface area (TPSA) is 38.8 Å². The third-order valence-corrected chi connectivity index (χ3v) is 6.38. The van der Waals surface area contributed by atoms with E-state index >= 15 is 4.39 Å². The van der Waals surface area contributed by atoms with E-state index in [1.54, 1.807) is 12.1 Å². The molecule has 4 rings (SSSR count). The van der Waals surface area contributed by atoms with Crippen molar-refractivity contribution in [3.05, 3.63) is 59.2 Å². The van der Waals surface area contributed by atoms with Gasteiger partial charge in [-0.2, -0.15) is 0 Å². The van der Waals surface area contributed by atoms with Crippen LogP contribution in [-0.4, -0.2) is 43.2 Å². The standard InChI is InChI=1S/C25H30FNO3/c1-3-30-23-13-20-16-25(26,24(28)21(20)14-22(23)29-2)15-18-9-11-27(12-10-18)17-19-7-5-4-6-8-19/h4-8,13-14,18H,3,9-12,15-17H2,1-2H3. The monoisotopic (exact) mass is 411 g/mol. The zero-order valence-corrected chi connectivity index (χ0v) is 17.8. The smallest absolute Gasteiger partial charge is 0.200 e. The minimum atomic E-state index is -1.82. The fourth-order valence-corrected chi connectivity index (χ4v) is 4.82. The van der Waals surface area contributed by atoms with Crippen LogP contribution < -0.4 is 9.47 Å². The van der Waals surface area contributed by atoms with E-state index in [-0.39, 0.29) is 12.3 Å². The summed E-state index contributed by atoms with van der Waals surface area (Å²) in [4.78, 5) is 15.4. The largest absolute Gasteiger partial charge is 0.493 e. The Labute approximate surface area is 178 Å². The number of methoxy groups -OCH3 is 1. The second kappa shape index (κ2) is 8.76. The van der Waals surface area contributed by atoms with Gasteiger partial charge in [-0.15, -0.1) is 0 Å². The van der Waals surface area contributed by atoms with Gasteiger partial charge in [0.1, 0.15) is 0 Å². The number of Topliss-reactive ketones (excluding diaryl/α,β-unsaturated/α-hetero) is 1. The highest BCUT2D eigenvalue weighted by Crippen LogP contribution is 2.43. The highest BCUT2D eigenvalue weighted by Gasteiger charge is 2.48. The molecule has 1 saturated heterocycles. The number of alkyl halides is 1. The highest BCUT2D eigenvalue weighted by molar-refractivity contribution is 6.07. The normalized spacial score (nSPS) is 22.2. The first kappa shape index (κ1) is 20.9. The number of carbonyl (C=O) groups is 1. The van der Waals surface area contributed by atoms with Gasteiger partial charge in [0.25, 0.3) is 0 Å². The van der Waals surface area contributed by atoms with E-state index in [1.807, 2.05) is 13.0 Å². The molecule has 2 aliphatic rings. The number of ketones is 1. The van der Waals surface area contributed by atoms with Crippen LogP contribution in [0.1, 0.15) is 47.7 Å². The van der Waals surface area contributed by atoms with Crippen LogP contribution in [0.15, 0.2) is 42.5 Å². The van der Waals surface area contributed by atoms with Gasteiger partial charge in [-0.3, -0.25) is 9.69 Å². The van der Waals surface area contributed by atoms with Crippen molar-refractivity contribution in [1.29, 1.82) is 0 Å². The summed E-state index contributed by atoms with van der Waals surface area (Å²) in [5.74, 6) is 0.895. The zero-order valence-electron chi connectivity index (χ0n) is 17.8. The van der Waals surface area contributed by atoms with Crippen LogP contribution in [0.25, 0.3) is 0 Å². The lowest BCUT2D eigenvalue weighted by Crippen LogP contribution is -2.38. The molecule has 1 unspecified atom stereocenters. The van der Waals surface area contributed by atoms with Crippen LogP contribution in [0.2, 0.25) is 0 Å². The maximum absolute atomic E-state index is 15.8. The molecule has 160 valence electrons. The van der Waals surface area contributed by atoms with E-state index in [2.05, 4.69) is 29.2 Å². The number of nitrogens with zero attached hydrogens (tertiary/aromatic N) is 1. The van der Waals surface area contributed by atoms with Crippen LogP contribution in [0.3, 0.4) is 0 Å². The average Bonchev–Trinajstić information content (AvgIpc) is 2.99. The van der Waals surface area contributed by atoms with E-state index in [1.165, 1.54) is 12.7 Å². The van der Waals surface area contributed by atoms with Crippen molar-refractivity contribution in [2.75, 3.05) is 26.8 Å². The summed E-state index contributed by atoms with van der Waals surface area (Å²) in [7, 11) is 1.54. The molecule has 4 nitrogen and oxygen atoms in total. The maximum atomic E-state index is 15.8. The van der Waals surface area contributed by atoms with Gasteiger partial charge in [0.2, 0.25) is 5.78 Å². The van der Waals surface area contributed by atoms with Crippen molar-refractivity contribution >= 4 is 5.78 Å². The van der Waals surface area contributed by atoms with Gasteiger partial charge in [-0.25, -0.2) is 4.39 Å². The Hall–Kier alpha value is -2.40. The first-order valence-corrected chi connectivity index (χ1v) is 10.9. The van der Waals surface area contributed by atoms with Gasteiger partial charge >= 0.3 is 0 Å². The predicted molar refractivity (Wildman–Crippen MR) is 115 cm³/mol. The number of fused-ring (bicyclic) bond motifs is 1. The molecule has 1 aliphatic carbocycles. The lowest BCUT2D eigenvalue weighted by molar-refractivity contribution is 0.0587. The lowest BCUT2D eigenvalue weighted by atomic mass is 9.83. The molecule has 2 aromatic carbocycles. The molecule has 0 radical (unpaired) electrons. The Kier molecular flexibility index (Phi) is 6.09. The highest BCUT2D eigenvalue weighted by atomic mass is 19.1. The zero-order chi connectivity index (χ0) is 21.1. The fourth-order valence-electron chi connectivity index (χ4n) is 4.82. The van der Waals surface area contributed by atoms with Crippen LogP contribution in [-0.2, 0) is 13.0 Å². The van der Waals surface area contributed by atoms with Crippen molar-refractivity contribution < 1.29 is 18.7 Å². The SMILES string of the molecule is CCOc1cc2c(cc1OC)C(=O)C(F)(CC1CCN(Cc3ccccc3)CC1)C2. The molecule has 0 spiro atoms. The summed E-state index contributed by atoms with van der Waals surface area (Å²) in [6.45, 7) is 5.20. The molecule has 0 saturated carbocycles. The molecule has 5 heteroatoms. The van der Waals surface area contributed by atoms with Gasteiger partial charge in [0.05, 0.1) is 13.7 Å². The molecular formula is C25H30FNO3. The van der Waals surface area contributed by atoms with Crippen molar-refractivity contribution in [2.24, 2.45) is 5.92 Å². The number of halogens is 1. The molecule has 1 aliphatic heterocycles. The van der Waals surface area contributed by atoms with Gasteiger partial charge in [0, 0.05) is 18.5 Å². The summed E-state index contributed by atoms with van der Waals surface area (Å²) < 4.78 is 26.8. The number of hydrogen-bond acceptors (Lipinski definition) is 4. The van der Waals surface area contributed by atoms with Crippen LogP contribution >= 0.6 is 0 Å². The Morgan fingerprint density at radius 1 is 1.13 bits per heavy atom. The van der Waals surface area contributed by atoms with Crippen LogP contribution in [0.5, 0.6) is 11.5 Å². The first-order chi connectivity index (χ1) is 14.5. The quantitative estimate of drug-likeness (QED) is 0.653. The van der Waals surface area contributed by atoms with E-state index < -0.39 is 11.5 Å². The first-order valence-electron chi connectivity index (χ1n) is 10.9. The molecule has 2 aromatic rings. The number of rotatable bonds is 7. The van der Waals surface area contributed by atoms with Crippen molar-refractivity contribution in [1.82, 2.24) is 4.90 Å². The molecule has 0 aromatic heterocycles. The Bertz CT molecular complexity index is 893. The summed E-state index contributed by atoms with van der Waals surface area (Å²) in [5.41, 5.74) is 0.663. The molecule has 0 N–H and O–H groups in total. The van der Waals surface area contributed by atoms with E-state index in [9.17, 15) is 4.79 Å². The molecule has 1 fully saturated rings. The van der Waals surface area contributed by atoms with Crippen molar-refractivity contribution in [3.8, 4) is 11.5 Å². The molecule has 0 bridgehead atoms. The van der Waals surface area contributed by atoms with E-state index in [0.29, 0.717) is 30.1 Å². The minimum absolute atomic E-state index is 0.134. The number of ether oxygens (including phenoxy) is 2. The molecule has 1 atom stereocenters. The summed E-state index contributed by atoms with van der Waals surface area (Å²) in [6.07, 6.45) is 2.28. The predicted octanol–water partition coefficient (Wildman–Crippen LogP) is 4.84. The van der Waals surface area contributed by atoms with E-state index in [0.717, 1.165) is 38.0 Å². The summed E-state index contributed by atoms with van der Waals surface area (Å²) >= 11 is 0. The third kappa shape index (κ3) is 4.22. The van der Waals surface area contributed by atoms with E-state index in [4.69, 9.17) is 9.47 Å². The second-order valence-electron chi connectivity index (χ2n) is 8.47. The number of hydrogen-bond donors (Lipinski definition) is 0. The Morgan fingerprint density at radius 2 is 1.87 bits per heavy atom. The maximum Gasteiger partial charge on any atom is 0.200 e. The Balaban J connectivity index is 1.39. The average molecular weight is 412 g/mol. The Morgan fingerprint density at radius 3 is 2.53 bits per heavy atom. The third-order valence-electron chi connectivity index (χ3n) is 6.38. The summed E-state index contributed by atoms with van der Waals surface area (Å²) in [5, 5.41) is 0. The number of likely N-dealkylation sites (tertiary alicyclic amines) is 1. The van der Waals surface area contributed by atoms with Crippen LogP contribution in [0.4, 0.5) is 4.39 Å². The summed E-state index contributed by atoms with van der Waals surface area (Å²) in [6, 6.07) is 13.9. The van der Waals surface area contributed by atoms with Gasteiger partial charge in [-0.1, -0.05) is 30.3 Å². The second-order valence-corrected chi connectivity index (χ2v) is 8.47. The van der Waals surface area contributed by atoms with Crippen molar-refractivity contribution in [3.63, 3.8) is 0 Å². The lowest BCUT2D eigenvalue weighted by Gasteiger charge is -2.34. The number of piperidine rings is 1.